The molecular formula is C13H21NO. The van der Waals surface area contributed by atoms with E-state index in [1.165, 1.54) is 5.56 Å². The molecule has 84 valence electrons. The van der Waals surface area contributed by atoms with Crippen molar-refractivity contribution < 1.29 is 5.11 Å². The molecule has 0 amide bonds. The van der Waals surface area contributed by atoms with E-state index in [0.717, 1.165) is 11.1 Å². The van der Waals surface area contributed by atoms with Crippen molar-refractivity contribution in [3.8, 4) is 0 Å². The van der Waals surface area contributed by atoms with Gasteiger partial charge in [-0.2, -0.15) is 0 Å². The van der Waals surface area contributed by atoms with Gasteiger partial charge in [-0.25, -0.2) is 0 Å². The summed E-state index contributed by atoms with van der Waals surface area (Å²) >= 11 is 0. The van der Waals surface area contributed by atoms with Crippen molar-refractivity contribution >= 4 is 0 Å². The second-order valence-electron chi connectivity index (χ2n) is 4.57. The lowest BCUT2D eigenvalue weighted by atomic mass is 9.93. The van der Waals surface area contributed by atoms with Crippen LogP contribution < -0.4 is 5.73 Å². The van der Waals surface area contributed by atoms with Gasteiger partial charge in [0.25, 0.3) is 0 Å². The largest absolute Gasteiger partial charge is 0.387 e. The number of hydrogen-bond donors (Lipinski definition) is 2. The molecule has 2 heteroatoms. The molecule has 0 bridgehead atoms. The van der Waals surface area contributed by atoms with Gasteiger partial charge in [0.2, 0.25) is 0 Å². The zero-order chi connectivity index (χ0) is 11.6. The number of nitrogens with two attached hydrogens (primary N) is 1. The quantitative estimate of drug-likeness (QED) is 0.800. The predicted octanol–water partition coefficient (Wildman–Crippen LogP) is 2.50. The van der Waals surface area contributed by atoms with E-state index in [2.05, 4.69) is 32.0 Å². The lowest BCUT2D eigenvalue weighted by molar-refractivity contribution is 0.152. The summed E-state index contributed by atoms with van der Waals surface area (Å²) in [4.78, 5) is 0. The Bertz CT molecular complexity index is 331. The maximum Gasteiger partial charge on any atom is 0.0940 e. The highest BCUT2D eigenvalue weighted by molar-refractivity contribution is 5.34. The van der Waals surface area contributed by atoms with Crippen LogP contribution in [0.15, 0.2) is 18.2 Å². The van der Waals surface area contributed by atoms with Crippen LogP contribution in [0.2, 0.25) is 0 Å². The highest BCUT2D eigenvalue weighted by Crippen LogP contribution is 2.24. The van der Waals surface area contributed by atoms with Crippen molar-refractivity contribution in [3.63, 3.8) is 0 Å². The molecule has 1 aromatic rings. The SMILES string of the molecule is Cc1ccc(C(C)C)cc1C(O)C(C)N. The van der Waals surface area contributed by atoms with Gasteiger partial charge in [-0.1, -0.05) is 32.0 Å². The molecule has 0 saturated carbocycles. The van der Waals surface area contributed by atoms with Crippen LogP contribution in [0.3, 0.4) is 0 Å². The number of aliphatic hydroxyl groups excluding tert-OH is 1. The summed E-state index contributed by atoms with van der Waals surface area (Å²) in [6.07, 6.45) is -0.566. The third-order valence-corrected chi connectivity index (χ3v) is 2.79. The van der Waals surface area contributed by atoms with E-state index in [1.54, 1.807) is 0 Å². The van der Waals surface area contributed by atoms with Crippen LogP contribution in [0.5, 0.6) is 0 Å². The van der Waals surface area contributed by atoms with Gasteiger partial charge in [-0.15, -0.1) is 0 Å². The van der Waals surface area contributed by atoms with E-state index in [1.807, 2.05) is 13.8 Å². The number of rotatable bonds is 3. The minimum atomic E-state index is -0.566. The summed E-state index contributed by atoms with van der Waals surface area (Å²) in [6, 6.07) is 5.99. The van der Waals surface area contributed by atoms with Crippen molar-refractivity contribution in [2.75, 3.05) is 0 Å². The summed E-state index contributed by atoms with van der Waals surface area (Å²) in [5.41, 5.74) is 9.01. The summed E-state index contributed by atoms with van der Waals surface area (Å²) in [5.74, 6) is 0.477. The Morgan fingerprint density at radius 1 is 1.20 bits per heavy atom. The Labute approximate surface area is 92.1 Å². The maximum atomic E-state index is 9.96. The highest BCUT2D eigenvalue weighted by atomic mass is 16.3. The number of hydrogen-bond acceptors (Lipinski definition) is 2. The topological polar surface area (TPSA) is 46.2 Å². The lowest BCUT2D eigenvalue weighted by Gasteiger charge is -2.19. The number of aryl methyl sites for hydroxylation is 1. The number of benzene rings is 1. The molecule has 1 aromatic carbocycles. The Morgan fingerprint density at radius 2 is 1.80 bits per heavy atom. The van der Waals surface area contributed by atoms with Gasteiger partial charge < -0.3 is 10.8 Å². The molecular weight excluding hydrogens is 186 g/mol. The van der Waals surface area contributed by atoms with Crippen LogP contribution >= 0.6 is 0 Å². The lowest BCUT2D eigenvalue weighted by Crippen LogP contribution is -2.25. The fraction of sp³-hybridized carbons (Fsp3) is 0.538. The molecule has 0 radical (unpaired) electrons. The van der Waals surface area contributed by atoms with Gasteiger partial charge >= 0.3 is 0 Å². The maximum absolute atomic E-state index is 9.96. The van der Waals surface area contributed by atoms with E-state index in [-0.39, 0.29) is 6.04 Å². The van der Waals surface area contributed by atoms with E-state index in [9.17, 15) is 5.11 Å². The monoisotopic (exact) mass is 207 g/mol. The molecule has 0 aromatic heterocycles. The molecule has 2 unspecified atom stereocenters. The van der Waals surface area contributed by atoms with Crippen molar-refractivity contribution in [2.45, 2.75) is 45.8 Å². The van der Waals surface area contributed by atoms with Crippen LogP contribution in [-0.4, -0.2) is 11.1 Å². The van der Waals surface area contributed by atoms with Crippen LogP contribution in [0, 0.1) is 6.92 Å². The van der Waals surface area contributed by atoms with Crippen LogP contribution in [0.25, 0.3) is 0 Å². The zero-order valence-electron chi connectivity index (χ0n) is 9.99. The first-order chi connectivity index (χ1) is 6.93. The molecule has 15 heavy (non-hydrogen) atoms. The Morgan fingerprint density at radius 3 is 2.27 bits per heavy atom. The number of aliphatic hydroxyl groups is 1. The van der Waals surface area contributed by atoms with Crippen molar-refractivity contribution in [3.05, 3.63) is 34.9 Å². The molecule has 2 nitrogen and oxygen atoms in total. The summed E-state index contributed by atoms with van der Waals surface area (Å²) < 4.78 is 0. The zero-order valence-corrected chi connectivity index (χ0v) is 9.99. The summed E-state index contributed by atoms with van der Waals surface area (Å²) in [5, 5.41) is 9.96. The predicted molar refractivity (Wildman–Crippen MR) is 63.9 cm³/mol. The van der Waals surface area contributed by atoms with E-state index < -0.39 is 6.10 Å². The first-order valence-corrected chi connectivity index (χ1v) is 5.47. The van der Waals surface area contributed by atoms with Gasteiger partial charge in [-0.05, 0) is 36.5 Å². The average molecular weight is 207 g/mol. The average Bonchev–Trinajstić information content (AvgIpc) is 2.16. The van der Waals surface area contributed by atoms with Crippen LogP contribution in [-0.2, 0) is 0 Å². The van der Waals surface area contributed by atoms with Gasteiger partial charge in [-0.3, -0.25) is 0 Å². The fourth-order valence-corrected chi connectivity index (χ4v) is 1.62. The first kappa shape index (κ1) is 12.2. The molecule has 3 N–H and O–H groups in total. The third-order valence-electron chi connectivity index (χ3n) is 2.79. The minimum absolute atomic E-state index is 0.230. The molecule has 0 heterocycles. The second-order valence-corrected chi connectivity index (χ2v) is 4.57. The van der Waals surface area contributed by atoms with Crippen LogP contribution in [0.4, 0.5) is 0 Å². The van der Waals surface area contributed by atoms with E-state index in [4.69, 9.17) is 5.73 Å². The second kappa shape index (κ2) is 4.77. The van der Waals surface area contributed by atoms with Gasteiger partial charge in [0, 0.05) is 6.04 Å². The van der Waals surface area contributed by atoms with Gasteiger partial charge in [0.15, 0.2) is 0 Å². The molecule has 0 saturated heterocycles. The van der Waals surface area contributed by atoms with E-state index >= 15 is 0 Å². The molecule has 0 aliphatic heterocycles. The first-order valence-electron chi connectivity index (χ1n) is 5.47. The molecule has 1 rings (SSSR count). The van der Waals surface area contributed by atoms with Crippen LogP contribution in [0.1, 0.15) is 49.5 Å². The Hall–Kier alpha value is -0.860. The normalized spacial score (nSPS) is 15.4. The summed E-state index contributed by atoms with van der Waals surface area (Å²) in [6.45, 7) is 8.12. The van der Waals surface area contributed by atoms with Crippen molar-refractivity contribution in [2.24, 2.45) is 5.73 Å². The summed E-state index contributed by atoms with van der Waals surface area (Å²) in [7, 11) is 0. The van der Waals surface area contributed by atoms with Gasteiger partial charge in [0.05, 0.1) is 6.10 Å². The highest BCUT2D eigenvalue weighted by Gasteiger charge is 2.15. The Balaban J connectivity index is 3.10. The standard InChI is InChI=1S/C13H21NO/c1-8(2)11-6-5-9(3)12(7-11)13(15)10(4)14/h5-8,10,13,15H,14H2,1-4H3. The van der Waals surface area contributed by atoms with Crippen molar-refractivity contribution in [1.82, 2.24) is 0 Å². The molecule has 0 fully saturated rings. The minimum Gasteiger partial charge on any atom is -0.387 e. The van der Waals surface area contributed by atoms with Gasteiger partial charge in [0.1, 0.15) is 0 Å². The van der Waals surface area contributed by atoms with E-state index in [0.29, 0.717) is 5.92 Å². The molecule has 0 spiro atoms. The molecule has 2 atom stereocenters. The smallest absolute Gasteiger partial charge is 0.0940 e. The fourth-order valence-electron chi connectivity index (χ4n) is 1.62. The van der Waals surface area contributed by atoms with Crippen molar-refractivity contribution in [1.29, 1.82) is 0 Å². The third kappa shape index (κ3) is 2.80. The molecule has 0 aliphatic rings. The molecule has 0 aliphatic carbocycles. The Kier molecular flexibility index (Phi) is 3.89.